The average molecular weight is 354 g/mol. The molecule has 0 N–H and O–H groups in total. The SMILES string of the molecule is Cn1cnc2c(N3CCC(C(=O)N4CC5CCCC5C4)CC3)ncnc21. The van der Waals surface area contributed by atoms with Gasteiger partial charge >= 0.3 is 0 Å². The van der Waals surface area contributed by atoms with Crippen LogP contribution < -0.4 is 4.90 Å². The highest BCUT2D eigenvalue weighted by Gasteiger charge is 2.40. The Balaban J connectivity index is 1.25. The molecule has 2 unspecified atom stereocenters. The summed E-state index contributed by atoms with van der Waals surface area (Å²) in [4.78, 5) is 30.6. The number of hydrogen-bond acceptors (Lipinski definition) is 5. The minimum absolute atomic E-state index is 0.172. The number of hydrogen-bond donors (Lipinski definition) is 0. The third-order valence-corrected chi connectivity index (χ3v) is 6.66. The highest BCUT2D eigenvalue weighted by atomic mass is 16.2. The first-order chi connectivity index (χ1) is 12.7. The highest BCUT2D eigenvalue weighted by molar-refractivity contribution is 5.84. The zero-order chi connectivity index (χ0) is 17.7. The minimum Gasteiger partial charge on any atom is -0.355 e. The molecule has 2 aromatic heterocycles. The van der Waals surface area contributed by atoms with Crippen LogP contribution in [-0.4, -0.2) is 56.5 Å². The molecule has 5 rings (SSSR count). The Morgan fingerprint density at radius 2 is 1.77 bits per heavy atom. The highest BCUT2D eigenvalue weighted by Crippen LogP contribution is 2.39. The maximum atomic E-state index is 13.0. The van der Waals surface area contributed by atoms with Gasteiger partial charge in [0, 0.05) is 39.1 Å². The molecule has 2 saturated heterocycles. The number of aryl methyl sites for hydroxylation is 1. The van der Waals surface area contributed by atoms with Crippen molar-refractivity contribution in [2.45, 2.75) is 32.1 Å². The molecule has 0 spiro atoms. The van der Waals surface area contributed by atoms with Crippen LogP contribution in [0.3, 0.4) is 0 Å². The molecule has 7 heteroatoms. The summed E-state index contributed by atoms with van der Waals surface area (Å²) < 4.78 is 1.92. The second-order valence-electron chi connectivity index (χ2n) is 8.18. The Labute approximate surface area is 153 Å². The number of likely N-dealkylation sites (tertiary alicyclic amines) is 1. The van der Waals surface area contributed by atoms with E-state index in [0.29, 0.717) is 5.91 Å². The Hall–Kier alpha value is -2.18. The molecule has 3 aliphatic rings. The molecule has 4 heterocycles. The van der Waals surface area contributed by atoms with E-state index >= 15 is 0 Å². The summed E-state index contributed by atoms with van der Waals surface area (Å²) in [5.41, 5.74) is 1.71. The first-order valence-corrected chi connectivity index (χ1v) is 9.86. The fraction of sp³-hybridized carbons (Fsp3) is 0.684. The van der Waals surface area contributed by atoms with Crippen molar-refractivity contribution >= 4 is 22.9 Å². The average Bonchev–Trinajstić information content (AvgIpc) is 3.36. The normalized spacial score (nSPS) is 26.7. The van der Waals surface area contributed by atoms with Crippen molar-refractivity contribution in [1.29, 1.82) is 0 Å². The summed E-state index contributed by atoms with van der Waals surface area (Å²) in [6, 6.07) is 0. The Bertz CT molecular complexity index is 813. The molecule has 1 saturated carbocycles. The van der Waals surface area contributed by atoms with E-state index in [9.17, 15) is 4.79 Å². The molecule has 2 atom stereocenters. The van der Waals surface area contributed by atoms with Gasteiger partial charge < -0.3 is 14.4 Å². The number of carbonyl (C=O) groups excluding carboxylic acids is 1. The molecule has 7 nitrogen and oxygen atoms in total. The topological polar surface area (TPSA) is 67.2 Å². The van der Waals surface area contributed by atoms with Gasteiger partial charge in [0.05, 0.1) is 6.33 Å². The van der Waals surface area contributed by atoms with Gasteiger partial charge in [0.25, 0.3) is 0 Å². The van der Waals surface area contributed by atoms with Gasteiger partial charge in [-0.1, -0.05) is 6.42 Å². The van der Waals surface area contributed by atoms with Crippen molar-refractivity contribution in [2.24, 2.45) is 24.8 Å². The number of fused-ring (bicyclic) bond motifs is 2. The van der Waals surface area contributed by atoms with E-state index in [1.54, 1.807) is 12.7 Å². The van der Waals surface area contributed by atoms with Crippen molar-refractivity contribution in [2.75, 3.05) is 31.1 Å². The molecule has 26 heavy (non-hydrogen) atoms. The van der Waals surface area contributed by atoms with E-state index in [-0.39, 0.29) is 5.92 Å². The standard InChI is InChI=1S/C19H26N6O/c1-23-12-22-16-17(23)20-11-21-18(16)24-7-5-13(6-8-24)19(26)25-9-14-3-2-4-15(14)10-25/h11-15H,2-10H2,1H3. The molecule has 1 aliphatic carbocycles. The lowest BCUT2D eigenvalue weighted by Crippen LogP contribution is -2.42. The fourth-order valence-electron chi connectivity index (χ4n) is 5.18. The zero-order valence-corrected chi connectivity index (χ0v) is 15.3. The number of anilines is 1. The number of carbonyl (C=O) groups is 1. The molecule has 3 fully saturated rings. The summed E-state index contributed by atoms with van der Waals surface area (Å²) in [7, 11) is 1.95. The van der Waals surface area contributed by atoms with Crippen LogP contribution >= 0.6 is 0 Å². The van der Waals surface area contributed by atoms with Gasteiger partial charge in [0.1, 0.15) is 6.33 Å². The van der Waals surface area contributed by atoms with Crippen LogP contribution in [0.4, 0.5) is 5.82 Å². The summed E-state index contributed by atoms with van der Waals surface area (Å²) >= 11 is 0. The van der Waals surface area contributed by atoms with E-state index in [1.165, 1.54) is 19.3 Å². The van der Waals surface area contributed by atoms with Crippen molar-refractivity contribution in [3.8, 4) is 0 Å². The van der Waals surface area contributed by atoms with Crippen LogP contribution in [0.1, 0.15) is 32.1 Å². The summed E-state index contributed by atoms with van der Waals surface area (Å²) in [6.07, 6.45) is 9.20. The summed E-state index contributed by atoms with van der Waals surface area (Å²) in [6.45, 7) is 3.73. The lowest BCUT2D eigenvalue weighted by molar-refractivity contribution is -0.135. The predicted octanol–water partition coefficient (Wildman–Crippen LogP) is 1.84. The number of aromatic nitrogens is 4. The van der Waals surface area contributed by atoms with Crippen LogP contribution in [0.5, 0.6) is 0 Å². The Kier molecular flexibility index (Phi) is 3.83. The maximum Gasteiger partial charge on any atom is 0.225 e. The Morgan fingerprint density at radius 3 is 2.50 bits per heavy atom. The molecule has 2 aromatic rings. The van der Waals surface area contributed by atoms with Gasteiger partial charge in [-0.05, 0) is 37.5 Å². The zero-order valence-electron chi connectivity index (χ0n) is 15.3. The molecular formula is C19H26N6O. The lowest BCUT2D eigenvalue weighted by Gasteiger charge is -2.34. The molecule has 0 aromatic carbocycles. The van der Waals surface area contributed by atoms with Gasteiger partial charge in [-0.3, -0.25) is 4.79 Å². The number of nitrogens with zero attached hydrogens (tertiary/aromatic N) is 6. The van der Waals surface area contributed by atoms with Crippen LogP contribution in [0.2, 0.25) is 0 Å². The molecular weight excluding hydrogens is 328 g/mol. The van der Waals surface area contributed by atoms with E-state index in [1.807, 2.05) is 11.6 Å². The summed E-state index contributed by atoms with van der Waals surface area (Å²) in [5.74, 6) is 3.02. The van der Waals surface area contributed by atoms with Crippen LogP contribution in [-0.2, 0) is 11.8 Å². The number of rotatable bonds is 2. The predicted molar refractivity (Wildman–Crippen MR) is 98.7 cm³/mol. The largest absolute Gasteiger partial charge is 0.355 e. The number of amides is 1. The van der Waals surface area contributed by atoms with Gasteiger partial charge in [0.2, 0.25) is 5.91 Å². The second kappa shape index (κ2) is 6.21. The monoisotopic (exact) mass is 354 g/mol. The minimum atomic E-state index is 0.172. The Morgan fingerprint density at radius 1 is 1.04 bits per heavy atom. The van der Waals surface area contributed by atoms with Crippen LogP contribution in [0, 0.1) is 17.8 Å². The van der Waals surface area contributed by atoms with Gasteiger partial charge in [-0.2, -0.15) is 0 Å². The van der Waals surface area contributed by atoms with Gasteiger partial charge in [-0.25, -0.2) is 15.0 Å². The second-order valence-corrected chi connectivity index (χ2v) is 8.18. The van der Waals surface area contributed by atoms with Crippen LogP contribution in [0.15, 0.2) is 12.7 Å². The molecule has 0 bridgehead atoms. The lowest BCUT2D eigenvalue weighted by atomic mass is 9.95. The molecule has 1 amide bonds. The van der Waals surface area contributed by atoms with Crippen molar-refractivity contribution in [3.63, 3.8) is 0 Å². The first-order valence-electron chi connectivity index (χ1n) is 9.86. The first kappa shape index (κ1) is 16.0. The van der Waals surface area contributed by atoms with Gasteiger partial charge in [0.15, 0.2) is 17.0 Å². The molecule has 2 aliphatic heterocycles. The van der Waals surface area contributed by atoms with E-state index in [4.69, 9.17) is 0 Å². The van der Waals surface area contributed by atoms with E-state index in [0.717, 1.165) is 67.8 Å². The maximum absolute atomic E-state index is 13.0. The third-order valence-electron chi connectivity index (χ3n) is 6.66. The van der Waals surface area contributed by atoms with Crippen molar-refractivity contribution in [3.05, 3.63) is 12.7 Å². The van der Waals surface area contributed by atoms with E-state index in [2.05, 4.69) is 24.8 Å². The smallest absolute Gasteiger partial charge is 0.225 e. The number of piperidine rings is 1. The molecule has 138 valence electrons. The van der Waals surface area contributed by atoms with Crippen LogP contribution in [0.25, 0.3) is 11.2 Å². The summed E-state index contributed by atoms with van der Waals surface area (Å²) in [5, 5.41) is 0. The van der Waals surface area contributed by atoms with Crippen molar-refractivity contribution in [1.82, 2.24) is 24.4 Å². The molecule has 0 radical (unpaired) electrons. The third kappa shape index (κ3) is 2.56. The van der Waals surface area contributed by atoms with E-state index < -0.39 is 0 Å². The van der Waals surface area contributed by atoms with Gasteiger partial charge in [-0.15, -0.1) is 0 Å². The fourth-order valence-corrected chi connectivity index (χ4v) is 5.18. The van der Waals surface area contributed by atoms with Crippen molar-refractivity contribution < 1.29 is 4.79 Å². The number of imidazole rings is 1. The quantitative estimate of drug-likeness (QED) is 0.823.